The fourth-order valence-electron chi connectivity index (χ4n) is 2.66. The molecule has 0 amide bonds. The zero-order valence-electron chi connectivity index (χ0n) is 13.6. The van der Waals surface area contributed by atoms with Crippen molar-refractivity contribution in [2.45, 2.75) is 26.3 Å². The Kier molecular flexibility index (Phi) is 5.04. The molecule has 1 aliphatic carbocycles. The van der Waals surface area contributed by atoms with Crippen LogP contribution in [0.5, 0.6) is 0 Å². The molecule has 0 spiro atoms. The van der Waals surface area contributed by atoms with E-state index < -0.39 is 0 Å². The van der Waals surface area contributed by atoms with Crippen LogP contribution in [0.3, 0.4) is 0 Å². The molecule has 1 aromatic heterocycles. The molecule has 0 N–H and O–H groups in total. The molecule has 0 aliphatic heterocycles. The zero-order valence-corrected chi connectivity index (χ0v) is 14.4. The fraction of sp³-hybridized carbons (Fsp3) is 0.190. The van der Waals surface area contributed by atoms with E-state index in [0.717, 1.165) is 6.42 Å². The predicted octanol–water partition coefficient (Wildman–Crippen LogP) is 6.10. The maximum Gasteiger partial charge on any atom is 0.0956 e. The molecule has 1 nitrogen and oxygen atoms in total. The van der Waals surface area contributed by atoms with Crippen molar-refractivity contribution in [2.75, 3.05) is 0 Å². The molecule has 0 saturated heterocycles. The van der Waals surface area contributed by atoms with Crippen molar-refractivity contribution in [1.29, 1.82) is 0 Å². The van der Waals surface area contributed by atoms with E-state index in [4.69, 9.17) is 4.99 Å². The third-order valence-electron chi connectivity index (χ3n) is 4.08. The highest BCUT2D eigenvalue weighted by atomic mass is 32.1. The molecule has 3 rings (SSSR count). The van der Waals surface area contributed by atoms with E-state index in [1.165, 1.54) is 26.8 Å². The Morgan fingerprint density at radius 1 is 1.26 bits per heavy atom. The van der Waals surface area contributed by atoms with Gasteiger partial charge in [0.15, 0.2) is 0 Å². The van der Waals surface area contributed by atoms with Gasteiger partial charge in [-0.1, -0.05) is 54.7 Å². The minimum absolute atomic E-state index is 0.0812. The summed E-state index contributed by atoms with van der Waals surface area (Å²) in [7, 11) is 0. The van der Waals surface area contributed by atoms with Gasteiger partial charge in [-0.25, -0.2) is 0 Å². The normalized spacial score (nSPS) is 16.8. The summed E-state index contributed by atoms with van der Waals surface area (Å²) in [6, 6.07) is 8.58. The summed E-state index contributed by atoms with van der Waals surface area (Å²) in [6.07, 6.45) is 16.0. The van der Waals surface area contributed by atoms with Gasteiger partial charge in [0, 0.05) is 27.2 Å². The molecule has 1 unspecified atom stereocenters. The van der Waals surface area contributed by atoms with Gasteiger partial charge < -0.3 is 0 Å². The number of aliphatic imine (C=N–C) groups is 1. The largest absolute Gasteiger partial charge is 0.280 e. The maximum atomic E-state index is 4.91. The number of benzene rings is 1. The summed E-state index contributed by atoms with van der Waals surface area (Å²) in [5.74, 6) is 0. The van der Waals surface area contributed by atoms with Crippen molar-refractivity contribution in [3.63, 3.8) is 0 Å². The Hall–Kier alpha value is -2.19. The van der Waals surface area contributed by atoms with Gasteiger partial charge in [-0.15, -0.1) is 11.3 Å². The molecule has 1 aliphatic rings. The lowest BCUT2D eigenvalue weighted by Gasteiger charge is -2.14. The fourth-order valence-corrected chi connectivity index (χ4v) is 3.57. The summed E-state index contributed by atoms with van der Waals surface area (Å²) in [5.41, 5.74) is 3.71. The molecule has 1 aromatic carbocycles. The van der Waals surface area contributed by atoms with Gasteiger partial charge in [-0.3, -0.25) is 4.99 Å². The van der Waals surface area contributed by atoms with E-state index in [0.29, 0.717) is 0 Å². The monoisotopic (exact) mass is 319 g/mol. The predicted molar refractivity (Wildman–Crippen MR) is 104 cm³/mol. The van der Waals surface area contributed by atoms with Crippen LogP contribution in [0.2, 0.25) is 0 Å². The number of allylic oxidation sites excluding steroid dienone is 5. The first-order chi connectivity index (χ1) is 11.3. The summed E-state index contributed by atoms with van der Waals surface area (Å²) in [4.78, 5) is 4.91. The third kappa shape index (κ3) is 3.59. The highest BCUT2D eigenvalue weighted by Gasteiger charge is 2.12. The Labute approximate surface area is 142 Å². The maximum absolute atomic E-state index is 4.91. The first-order valence-electron chi connectivity index (χ1n) is 7.95. The lowest BCUT2D eigenvalue weighted by atomic mass is 9.99. The van der Waals surface area contributed by atoms with E-state index in [9.17, 15) is 0 Å². The van der Waals surface area contributed by atoms with Crippen LogP contribution >= 0.6 is 11.3 Å². The van der Waals surface area contributed by atoms with E-state index in [1.807, 2.05) is 6.21 Å². The Morgan fingerprint density at radius 2 is 2.13 bits per heavy atom. The molecule has 0 fully saturated rings. The molecule has 23 heavy (non-hydrogen) atoms. The minimum Gasteiger partial charge on any atom is -0.280 e. The van der Waals surface area contributed by atoms with Gasteiger partial charge >= 0.3 is 0 Å². The van der Waals surface area contributed by atoms with Gasteiger partial charge in [-0.2, -0.15) is 0 Å². The van der Waals surface area contributed by atoms with Crippen LogP contribution in [0, 0.1) is 0 Å². The van der Waals surface area contributed by atoms with Crippen molar-refractivity contribution in [2.24, 2.45) is 4.99 Å². The van der Waals surface area contributed by atoms with E-state index in [-0.39, 0.29) is 6.04 Å². The zero-order chi connectivity index (χ0) is 16.1. The van der Waals surface area contributed by atoms with Crippen molar-refractivity contribution in [3.8, 4) is 0 Å². The lowest BCUT2D eigenvalue weighted by Crippen LogP contribution is -2.09. The minimum atomic E-state index is 0.0812. The van der Waals surface area contributed by atoms with Gasteiger partial charge in [0.1, 0.15) is 0 Å². The SMILES string of the molecule is C/C=C(\C)C(N=Cc1csc2ccccc12)C1=CC=CCC=C1. The molecule has 1 atom stereocenters. The molecular weight excluding hydrogens is 298 g/mol. The molecule has 0 bridgehead atoms. The summed E-state index contributed by atoms with van der Waals surface area (Å²) < 4.78 is 1.31. The highest BCUT2D eigenvalue weighted by molar-refractivity contribution is 7.17. The second-order valence-corrected chi connectivity index (χ2v) is 6.54. The Bertz CT molecular complexity index is 830. The topological polar surface area (TPSA) is 12.4 Å². The quantitative estimate of drug-likeness (QED) is 0.477. The smallest absolute Gasteiger partial charge is 0.0956 e. The third-order valence-corrected chi connectivity index (χ3v) is 5.06. The van der Waals surface area contributed by atoms with E-state index in [1.54, 1.807) is 11.3 Å². The van der Waals surface area contributed by atoms with Crippen molar-refractivity contribution in [1.82, 2.24) is 0 Å². The number of hydrogen-bond acceptors (Lipinski definition) is 2. The Balaban J connectivity index is 1.95. The average molecular weight is 319 g/mol. The molecule has 2 aromatic rings. The first-order valence-corrected chi connectivity index (χ1v) is 8.83. The van der Waals surface area contributed by atoms with Gasteiger partial charge in [-0.05, 0) is 37.5 Å². The van der Waals surface area contributed by atoms with Crippen molar-refractivity contribution < 1.29 is 0 Å². The van der Waals surface area contributed by atoms with Gasteiger partial charge in [0.2, 0.25) is 0 Å². The van der Waals surface area contributed by atoms with Crippen LogP contribution in [-0.4, -0.2) is 12.3 Å². The number of rotatable bonds is 4. The number of thiophene rings is 1. The second kappa shape index (κ2) is 7.38. The molecule has 0 saturated carbocycles. The summed E-state index contributed by atoms with van der Waals surface area (Å²) >= 11 is 1.77. The number of nitrogens with zero attached hydrogens (tertiary/aromatic N) is 1. The molecule has 0 radical (unpaired) electrons. The summed E-state index contributed by atoms with van der Waals surface area (Å²) in [6.45, 7) is 4.23. The van der Waals surface area contributed by atoms with Crippen LogP contribution in [0.15, 0.2) is 82.2 Å². The van der Waals surface area contributed by atoms with Crippen molar-refractivity contribution in [3.05, 3.63) is 82.8 Å². The molecule has 1 heterocycles. The molecule has 116 valence electrons. The van der Waals surface area contributed by atoms with Crippen LogP contribution in [0.25, 0.3) is 10.1 Å². The van der Waals surface area contributed by atoms with Crippen LogP contribution in [0.4, 0.5) is 0 Å². The first kappa shape index (κ1) is 15.7. The van der Waals surface area contributed by atoms with Crippen molar-refractivity contribution >= 4 is 27.6 Å². The number of fused-ring (bicyclic) bond motifs is 1. The summed E-state index contributed by atoms with van der Waals surface area (Å²) in [5, 5.41) is 3.47. The van der Waals surface area contributed by atoms with Gasteiger partial charge in [0.25, 0.3) is 0 Å². The molecular formula is C21H21NS. The average Bonchev–Trinajstić information content (AvgIpc) is 2.80. The lowest BCUT2D eigenvalue weighted by molar-refractivity contribution is 0.912. The molecule has 2 heteroatoms. The van der Waals surface area contributed by atoms with E-state index >= 15 is 0 Å². The standard InChI is InChI=1S/C21H21NS/c1-3-16(2)21(17-10-6-4-5-7-11-17)22-14-18-15-23-20-13-9-8-12-19(18)20/h3-4,6-15,21H,5H2,1-2H3/b16-3+,22-14?. The van der Waals surface area contributed by atoms with E-state index in [2.05, 4.69) is 79.9 Å². The number of hydrogen-bond donors (Lipinski definition) is 0. The highest BCUT2D eigenvalue weighted by Crippen LogP contribution is 2.25. The van der Waals surface area contributed by atoms with Crippen LogP contribution in [0.1, 0.15) is 25.8 Å². The van der Waals surface area contributed by atoms with Gasteiger partial charge in [0.05, 0.1) is 6.04 Å². The Morgan fingerprint density at radius 3 is 3.00 bits per heavy atom. The van der Waals surface area contributed by atoms with Crippen LogP contribution < -0.4 is 0 Å². The van der Waals surface area contributed by atoms with Crippen LogP contribution in [-0.2, 0) is 0 Å². The second-order valence-electron chi connectivity index (χ2n) is 5.63.